The van der Waals surface area contributed by atoms with Crippen LogP contribution in [0.4, 0.5) is 4.39 Å². The SMILES string of the molecule is CCOc1ccc(CCC(=O)N(Cc2ccccc2F)C(Cc2ccccc2)C(=O)NC(C)CC)cc1OCC. The van der Waals surface area contributed by atoms with E-state index < -0.39 is 11.9 Å². The third-order valence-corrected chi connectivity index (χ3v) is 6.81. The molecular formula is C33H41FN2O4. The van der Waals surface area contributed by atoms with Crippen molar-refractivity contribution in [2.75, 3.05) is 13.2 Å². The Balaban J connectivity index is 1.91. The van der Waals surface area contributed by atoms with Crippen molar-refractivity contribution < 1.29 is 23.5 Å². The van der Waals surface area contributed by atoms with Gasteiger partial charge in [-0.2, -0.15) is 0 Å². The summed E-state index contributed by atoms with van der Waals surface area (Å²) in [5, 5.41) is 3.04. The van der Waals surface area contributed by atoms with Crippen LogP contribution in [0.25, 0.3) is 0 Å². The average Bonchev–Trinajstić information content (AvgIpc) is 2.96. The summed E-state index contributed by atoms with van der Waals surface area (Å²) < 4.78 is 26.2. The third-order valence-electron chi connectivity index (χ3n) is 6.81. The Kier molecular flexibility index (Phi) is 12.0. The topological polar surface area (TPSA) is 67.9 Å². The molecule has 0 aliphatic heterocycles. The predicted molar refractivity (Wildman–Crippen MR) is 156 cm³/mol. The third kappa shape index (κ3) is 8.83. The van der Waals surface area contributed by atoms with Crippen LogP contribution in [0.15, 0.2) is 72.8 Å². The second-order valence-electron chi connectivity index (χ2n) is 9.78. The van der Waals surface area contributed by atoms with Gasteiger partial charge in [-0.3, -0.25) is 9.59 Å². The van der Waals surface area contributed by atoms with Crippen LogP contribution >= 0.6 is 0 Å². The number of benzene rings is 3. The molecule has 0 aliphatic carbocycles. The van der Waals surface area contributed by atoms with Gasteiger partial charge in [0.2, 0.25) is 11.8 Å². The molecule has 1 N–H and O–H groups in total. The maximum atomic E-state index is 14.8. The van der Waals surface area contributed by atoms with E-state index >= 15 is 0 Å². The first kappa shape index (κ1) is 30.7. The second-order valence-corrected chi connectivity index (χ2v) is 9.78. The van der Waals surface area contributed by atoms with Gasteiger partial charge >= 0.3 is 0 Å². The van der Waals surface area contributed by atoms with Crippen LogP contribution in [0.2, 0.25) is 0 Å². The van der Waals surface area contributed by atoms with E-state index in [0.29, 0.717) is 43.1 Å². The molecule has 0 bridgehead atoms. The van der Waals surface area contributed by atoms with Crippen molar-refractivity contribution in [3.05, 3.63) is 95.3 Å². The van der Waals surface area contributed by atoms with E-state index in [4.69, 9.17) is 9.47 Å². The summed E-state index contributed by atoms with van der Waals surface area (Å²) in [5.74, 6) is 0.407. The zero-order chi connectivity index (χ0) is 28.9. The molecule has 0 heterocycles. The molecule has 0 spiro atoms. The normalized spacial score (nSPS) is 12.3. The number of hydrogen-bond donors (Lipinski definition) is 1. The zero-order valence-electron chi connectivity index (χ0n) is 24.0. The first-order valence-electron chi connectivity index (χ1n) is 14.1. The van der Waals surface area contributed by atoms with E-state index in [1.165, 1.54) is 11.0 Å². The predicted octanol–water partition coefficient (Wildman–Crippen LogP) is 6.11. The number of nitrogens with one attached hydrogen (secondary N) is 1. The maximum Gasteiger partial charge on any atom is 0.243 e. The summed E-state index contributed by atoms with van der Waals surface area (Å²) in [6.07, 6.45) is 1.66. The molecular weight excluding hydrogens is 507 g/mol. The van der Waals surface area contributed by atoms with Crippen molar-refractivity contribution >= 4 is 11.8 Å². The highest BCUT2D eigenvalue weighted by Crippen LogP contribution is 2.29. The van der Waals surface area contributed by atoms with E-state index in [9.17, 15) is 14.0 Å². The van der Waals surface area contributed by atoms with Crippen LogP contribution in [0.1, 0.15) is 57.2 Å². The first-order chi connectivity index (χ1) is 19.4. The van der Waals surface area contributed by atoms with E-state index in [-0.39, 0.29) is 30.8 Å². The van der Waals surface area contributed by atoms with Crippen LogP contribution in [0, 0.1) is 5.82 Å². The van der Waals surface area contributed by atoms with Crippen LogP contribution in [-0.4, -0.2) is 42.0 Å². The van der Waals surface area contributed by atoms with Gasteiger partial charge in [0.25, 0.3) is 0 Å². The van der Waals surface area contributed by atoms with Gasteiger partial charge in [0, 0.05) is 31.0 Å². The molecule has 0 aliphatic rings. The van der Waals surface area contributed by atoms with E-state index in [1.54, 1.807) is 18.2 Å². The van der Waals surface area contributed by atoms with Crippen molar-refractivity contribution in [1.82, 2.24) is 10.2 Å². The lowest BCUT2D eigenvalue weighted by Gasteiger charge is -2.32. The molecule has 3 aromatic carbocycles. The number of halogens is 1. The number of nitrogens with zero attached hydrogens (tertiary/aromatic N) is 1. The van der Waals surface area contributed by atoms with Gasteiger partial charge in [0.15, 0.2) is 11.5 Å². The molecule has 3 aromatic rings. The monoisotopic (exact) mass is 548 g/mol. The molecule has 6 nitrogen and oxygen atoms in total. The molecule has 0 saturated heterocycles. The minimum absolute atomic E-state index is 0.00952. The molecule has 40 heavy (non-hydrogen) atoms. The van der Waals surface area contributed by atoms with Crippen LogP contribution in [0.5, 0.6) is 11.5 Å². The fourth-order valence-electron chi connectivity index (χ4n) is 4.45. The molecule has 7 heteroatoms. The number of carbonyl (C=O) groups excluding carboxylic acids is 2. The molecule has 2 atom stereocenters. The fourth-order valence-corrected chi connectivity index (χ4v) is 4.45. The van der Waals surface area contributed by atoms with Gasteiger partial charge in [-0.25, -0.2) is 4.39 Å². The van der Waals surface area contributed by atoms with Gasteiger partial charge in [-0.05, 0) is 62.9 Å². The molecule has 0 saturated carbocycles. The highest BCUT2D eigenvalue weighted by Gasteiger charge is 2.31. The molecule has 0 fully saturated rings. The highest BCUT2D eigenvalue weighted by molar-refractivity contribution is 5.88. The van der Waals surface area contributed by atoms with Crippen molar-refractivity contribution in [1.29, 1.82) is 0 Å². The minimum atomic E-state index is -0.803. The van der Waals surface area contributed by atoms with Crippen molar-refractivity contribution in [2.45, 2.75) is 72.0 Å². The van der Waals surface area contributed by atoms with Gasteiger partial charge in [-0.15, -0.1) is 0 Å². The Hall–Kier alpha value is -3.87. The van der Waals surface area contributed by atoms with Gasteiger partial charge in [0.05, 0.1) is 13.2 Å². The summed E-state index contributed by atoms with van der Waals surface area (Å²) in [5.41, 5.74) is 2.20. The molecule has 0 radical (unpaired) electrons. The minimum Gasteiger partial charge on any atom is -0.490 e. The lowest BCUT2D eigenvalue weighted by Crippen LogP contribution is -2.52. The lowest BCUT2D eigenvalue weighted by atomic mass is 10.0. The standard InChI is InChI=1S/C33H41FN2O4/c1-5-24(4)35-33(38)29(21-25-13-9-8-10-14-25)36(23-27-15-11-12-16-28(27)34)32(37)20-18-26-17-19-30(39-6-2)31(22-26)40-7-3/h8-17,19,22,24,29H,5-7,18,20-21,23H2,1-4H3,(H,35,38). The van der Waals surface area contributed by atoms with E-state index in [0.717, 1.165) is 17.5 Å². The number of amides is 2. The Bertz CT molecular complexity index is 1230. The van der Waals surface area contributed by atoms with Gasteiger partial charge in [-0.1, -0.05) is 61.5 Å². The number of rotatable bonds is 15. The maximum absolute atomic E-state index is 14.8. The summed E-state index contributed by atoms with van der Waals surface area (Å²) in [4.78, 5) is 29.0. The fraction of sp³-hybridized carbons (Fsp3) is 0.394. The summed E-state index contributed by atoms with van der Waals surface area (Å²) in [6.45, 7) is 8.74. The van der Waals surface area contributed by atoms with Gasteiger partial charge < -0.3 is 19.7 Å². The summed E-state index contributed by atoms with van der Waals surface area (Å²) in [6, 6.07) is 20.8. The Morgan fingerprint density at radius 2 is 1.55 bits per heavy atom. The Morgan fingerprint density at radius 1 is 0.875 bits per heavy atom. The summed E-state index contributed by atoms with van der Waals surface area (Å²) >= 11 is 0. The van der Waals surface area contributed by atoms with E-state index in [1.807, 2.05) is 76.2 Å². The Labute approximate surface area is 237 Å². The quantitative estimate of drug-likeness (QED) is 0.249. The molecule has 2 amide bonds. The molecule has 2 unspecified atom stereocenters. The molecule has 3 rings (SSSR count). The number of ether oxygens (including phenoxy) is 2. The second kappa shape index (κ2) is 15.7. The van der Waals surface area contributed by atoms with Gasteiger partial charge in [0.1, 0.15) is 11.9 Å². The average molecular weight is 549 g/mol. The highest BCUT2D eigenvalue weighted by atomic mass is 19.1. The number of carbonyl (C=O) groups is 2. The van der Waals surface area contributed by atoms with E-state index in [2.05, 4.69) is 5.32 Å². The largest absolute Gasteiger partial charge is 0.490 e. The summed E-state index contributed by atoms with van der Waals surface area (Å²) in [7, 11) is 0. The molecule has 214 valence electrons. The first-order valence-corrected chi connectivity index (χ1v) is 14.1. The smallest absolute Gasteiger partial charge is 0.243 e. The van der Waals surface area contributed by atoms with Crippen LogP contribution < -0.4 is 14.8 Å². The van der Waals surface area contributed by atoms with Crippen molar-refractivity contribution in [3.8, 4) is 11.5 Å². The number of hydrogen-bond acceptors (Lipinski definition) is 4. The zero-order valence-corrected chi connectivity index (χ0v) is 24.0. The van der Waals surface area contributed by atoms with Crippen LogP contribution in [0.3, 0.4) is 0 Å². The number of aryl methyl sites for hydroxylation is 1. The van der Waals surface area contributed by atoms with Crippen molar-refractivity contribution in [3.63, 3.8) is 0 Å². The van der Waals surface area contributed by atoms with Crippen LogP contribution in [-0.2, 0) is 29.0 Å². The Morgan fingerprint density at radius 3 is 2.23 bits per heavy atom. The lowest BCUT2D eigenvalue weighted by molar-refractivity contribution is -0.141. The van der Waals surface area contributed by atoms with Crippen molar-refractivity contribution in [2.24, 2.45) is 0 Å². The molecule has 0 aromatic heterocycles.